The zero-order valence-corrected chi connectivity index (χ0v) is 8.43. The van der Waals surface area contributed by atoms with Crippen molar-refractivity contribution in [1.29, 1.82) is 0 Å². The maximum atomic E-state index is 5.55. The van der Waals surface area contributed by atoms with Crippen molar-refractivity contribution in [2.45, 2.75) is 44.6 Å². The van der Waals surface area contributed by atoms with Crippen molar-refractivity contribution < 1.29 is 4.74 Å². The Morgan fingerprint density at radius 1 is 1.08 bits per heavy atom. The standard InChI is InChI=1S/C11H21NO/c1-2-4-11(3-1)12-7-8-13-9-10-5-6-10/h10-12H,1-9H2. The lowest BCUT2D eigenvalue weighted by atomic mass is 10.2. The van der Waals surface area contributed by atoms with Crippen LogP contribution in [-0.4, -0.2) is 25.8 Å². The summed E-state index contributed by atoms with van der Waals surface area (Å²) in [6.45, 7) is 2.97. The molecule has 1 N–H and O–H groups in total. The second-order valence-electron chi connectivity index (χ2n) is 4.45. The highest BCUT2D eigenvalue weighted by molar-refractivity contribution is 4.74. The van der Waals surface area contributed by atoms with E-state index in [9.17, 15) is 0 Å². The summed E-state index contributed by atoms with van der Waals surface area (Å²) in [4.78, 5) is 0. The van der Waals surface area contributed by atoms with Gasteiger partial charge in [0.1, 0.15) is 0 Å². The zero-order valence-electron chi connectivity index (χ0n) is 8.43. The molecule has 76 valence electrons. The molecule has 0 aromatic heterocycles. The fourth-order valence-corrected chi connectivity index (χ4v) is 2.00. The molecule has 0 heterocycles. The van der Waals surface area contributed by atoms with E-state index in [0.29, 0.717) is 0 Å². The minimum absolute atomic E-state index is 0.796. The molecule has 0 saturated heterocycles. The Hall–Kier alpha value is -0.0800. The summed E-state index contributed by atoms with van der Waals surface area (Å²) in [5, 5.41) is 3.55. The molecule has 0 aliphatic heterocycles. The predicted molar refractivity (Wildman–Crippen MR) is 53.8 cm³/mol. The Bertz CT molecular complexity index is 139. The van der Waals surface area contributed by atoms with Gasteiger partial charge in [-0.25, -0.2) is 0 Å². The number of hydrogen-bond acceptors (Lipinski definition) is 2. The molecule has 2 rings (SSSR count). The van der Waals surface area contributed by atoms with Crippen LogP contribution in [0.4, 0.5) is 0 Å². The first-order chi connectivity index (χ1) is 6.45. The third kappa shape index (κ3) is 3.65. The minimum Gasteiger partial charge on any atom is -0.380 e. The van der Waals surface area contributed by atoms with Gasteiger partial charge < -0.3 is 10.1 Å². The fraction of sp³-hybridized carbons (Fsp3) is 1.00. The van der Waals surface area contributed by atoms with Gasteiger partial charge in [0.05, 0.1) is 6.61 Å². The first-order valence-corrected chi connectivity index (χ1v) is 5.76. The van der Waals surface area contributed by atoms with Gasteiger partial charge >= 0.3 is 0 Å². The SMILES string of the molecule is C1CCC(NCCOCC2CC2)C1. The molecule has 2 nitrogen and oxygen atoms in total. The van der Waals surface area contributed by atoms with Crippen LogP contribution in [0, 0.1) is 5.92 Å². The molecule has 13 heavy (non-hydrogen) atoms. The van der Waals surface area contributed by atoms with Crippen molar-refractivity contribution in [2.75, 3.05) is 19.8 Å². The van der Waals surface area contributed by atoms with Crippen molar-refractivity contribution in [3.05, 3.63) is 0 Å². The average molecular weight is 183 g/mol. The summed E-state index contributed by atoms with van der Waals surface area (Å²) >= 11 is 0. The maximum Gasteiger partial charge on any atom is 0.0591 e. The van der Waals surface area contributed by atoms with Gasteiger partial charge in [0, 0.05) is 19.2 Å². The van der Waals surface area contributed by atoms with Crippen LogP contribution in [0.25, 0.3) is 0 Å². The molecule has 2 fully saturated rings. The summed E-state index contributed by atoms with van der Waals surface area (Å²) in [5.74, 6) is 0.909. The van der Waals surface area contributed by atoms with E-state index in [1.807, 2.05) is 0 Å². The molecular formula is C11H21NO. The number of ether oxygens (including phenoxy) is 1. The molecule has 0 unspecified atom stereocenters. The normalized spacial score (nSPS) is 24.0. The molecule has 0 spiro atoms. The molecular weight excluding hydrogens is 162 g/mol. The van der Waals surface area contributed by atoms with Crippen molar-refractivity contribution >= 4 is 0 Å². The van der Waals surface area contributed by atoms with Crippen molar-refractivity contribution in [3.8, 4) is 0 Å². The van der Waals surface area contributed by atoms with Crippen LogP contribution in [0.3, 0.4) is 0 Å². The summed E-state index contributed by atoms with van der Waals surface area (Å²) < 4.78 is 5.55. The van der Waals surface area contributed by atoms with Crippen LogP contribution in [0.15, 0.2) is 0 Å². The van der Waals surface area contributed by atoms with E-state index in [0.717, 1.165) is 31.7 Å². The van der Waals surface area contributed by atoms with E-state index < -0.39 is 0 Å². The lowest BCUT2D eigenvalue weighted by Gasteiger charge is -2.11. The van der Waals surface area contributed by atoms with Crippen molar-refractivity contribution in [3.63, 3.8) is 0 Å². The van der Waals surface area contributed by atoms with E-state index in [1.54, 1.807) is 0 Å². The van der Waals surface area contributed by atoms with E-state index in [4.69, 9.17) is 4.74 Å². The van der Waals surface area contributed by atoms with Gasteiger partial charge in [-0.15, -0.1) is 0 Å². The molecule has 0 amide bonds. The molecule has 0 bridgehead atoms. The Balaban J connectivity index is 1.39. The van der Waals surface area contributed by atoms with Gasteiger partial charge in [-0.05, 0) is 31.6 Å². The largest absolute Gasteiger partial charge is 0.380 e. The Kier molecular flexibility index (Phi) is 3.62. The van der Waals surface area contributed by atoms with Crippen LogP contribution in [0.2, 0.25) is 0 Å². The van der Waals surface area contributed by atoms with Crippen molar-refractivity contribution in [2.24, 2.45) is 5.92 Å². The van der Waals surface area contributed by atoms with Crippen LogP contribution in [0.1, 0.15) is 38.5 Å². The third-order valence-electron chi connectivity index (χ3n) is 3.09. The molecule has 0 aromatic carbocycles. The highest BCUT2D eigenvalue weighted by Gasteiger charge is 2.21. The molecule has 2 aliphatic carbocycles. The molecule has 0 aromatic rings. The van der Waals surface area contributed by atoms with Crippen LogP contribution < -0.4 is 5.32 Å². The smallest absolute Gasteiger partial charge is 0.0591 e. The van der Waals surface area contributed by atoms with Crippen LogP contribution in [0.5, 0.6) is 0 Å². The molecule has 2 heteroatoms. The second kappa shape index (κ2) is 4.97. The lowest BCUT2D eigenvalue weighted by Crippen LogP contribution is -2.29. The van der Waals surface area contributed by atoms with Gasteiger partial charge in [-0.3, -0.25) is 0 Å². The van der Waals surface area contributed by atoms with Gasteiger partial charge in [0.2, 0.25) is 0 Å². The van der Waals surface area contributed by atoms with E-state index >= 15 is 0 Å². The Morgan fingerprint density at radius 3 is 2.54 bits per heavy atom. The second-order valence-corrected chi connectivity index (χ2v) is 4.45. The van der Waals surface area contributed by atoms with Crippen molar-refractivity contribution in [1.82, 2.24) is 5.32 Å². The number of hydrogen-bond donors (Lipinski definition) is 1. The molecule has 0 atom stereocenters. The van der Waals surface area contributed by atoms with E-state index in [-0.39, 0.29) is 0 Å². The monoisotopic (exact) mass is 183 g/mol. The maximum absolute atomic E-state index is 5.55. The topological polar surface area (TPSA) is 21.3 Å². The highest BCUT2D eigenvalue weighted by atomic mass is 16.5. The molecule has 2 saturated carbocycles. The summed E-state index contributed by atoms with van der Waals surface area (Å²) in [7, 11) is 0. The Morgan fingerprint density at radius 2 is 1.85 bits per heavy atom. The zero-order chi connectivity index (χ0) is 8.93. The third-order valence-corrected chi connectivity index (χ3v) is 3.09. The fourth-order valence-electron chi connectivity index (χ4n) is 2.00. The summed E-state index contributed by atoms with van der Waals surface area (Å²) in [5.41, 5.74) is 0. The molecule has 2 aliphatic rings. The van der Waals surface area contributed by atoms with E-state index in [1.165, 1.54) is 38.5 Å². The Labute approximate surface area is 81.0 Å². The quantitative estimate of drug-likeness (QED) is 0.635. The predicted octanol–water partition coefficient (Wildman–Crippen LogP) is 1.95. The number of nitrogens with one attached hydrogen (secondary N) is 1. The average Bonchev–Trinajstić information content (AvgIpc) is 2.81. The van der Waals surface area contributed by atoms with Crippen LogP contribution in [-0.2, 0) is 4.74 Å². The minimum atomic E-state index is 0.796. The lowest BCUT2D eigenvalue weighted by molar-refractivity contribution is 0.124. The number of rotatable bonds is 6. The summed E-state index contributed by atoms with van der Waals surface area (Å²) in [6, 6.07) is 0.796. The van der Waals surface area contributed by atoms with Gasteiger partial charge in [0.15, 0.2) is 0 Å². The summed E-state index contributed by atoms with van der Waals surface area (Å²) in [6.07, 6.45) is 8.39. The van der Waals surface area contributed by atoms with Gasteiger partial charge in [-0.2, -0.15) is 0 Å². The first-order valence-electron chi connectivity index (χ1n) is 5.76. The van der Waals surface area contributed by atoms with Gasteiger partial charge in [-0.1, -0.05) is 12.8 Å². The molecule has 0 radical (unpaired) electrons. The highest BCUT2D eigenvalue weighted by Crippen LogP contribution is 2.28. The van der Waals surface area contributed by atoms with Gasteiger partial charge in [0.25, 0.3) is 0 Å². The first kappa shape index (κ1) is 9.47. The van der Waals surface area contributed by atoms with E-state index in [2.05, 4.69) is 5.32 Å². The van der Waals surface area contributed by atoms with Crippen LogP contribution >= 0.6 is 0 Å².